The van der Waals surface area contributed by atoms with Gasteiger partial charge in [0.2, 0.25) is 0 Å². The number of nitrogens with one attached hydrogen (secondary N) is 1. The number of nitrogens with two attached hydrogens (primary N) is 1. The van der Waals surface area contributed by atoms with Crippen LogP contribution in [0.5, 0.6) is 0 Å². The van der Waals surface area contributed by atoms with Crippen LogP contribution < -0.4 is 11.3 Å². The summed E-state index contributed by atoms with van der Waals surface area (Å²) in [5.74, 6) is 5.67. The van der Waals surface area contributed by atoms with Gasteiger partial charge in [0.15, 0.2) is 0 Å². The molecule has 0 aliphatic carbocycles. The molecule has 0 bridgehead atoms. The summed E-state index contributed by atoms with van der Waals surface area (Å²) in [7, 11) is 0. The molecule has 2 rings (SSSR count). The number of hydrogen-bond acceptors (Lipinski definition) is 2. The van der Waals surface area contributed by atoms with E-state index in [-0.39, 0.29) is 6.04 Å². The Hall–Kier alpha value is -1.06. The lowest BCUT2D eigenvalue weighted by atomic mass is 9.95. The van der Waals surface area contributed by atoms with E-state index < -0.39 is 0 Å². The molecule has 0 fully saturated rings. The minimum Gasteiger partial charge on any atom is -0.271 e. The molecule has 2 aromatic rings. The summed E-state index contributed by atoms with van der Waals surface area (Å²) in [4.78, 5) is 0. The second kappa shape index (κ2) is 5.72. The third-order valence-corrected chi connectivity index (χ3v) is 3.61. The zero-order valence-electron chi connectivity index (χ0n) is 9.95. The SMILES string of the molecule is Cc1c(Cl)cccc1C(NN)c1cccc(Cl)c1. The van der Waals surface area contributed by atoms with Crippen molar-refractivity contribution >= 4 is 23.2 Å². The monoisotopic (exact) mass is 280 g/mol. The number of hydrazine groups is 1. The Morgan fingerprint density at radius 2 is 1.83 bits per heavy atom. The Labute approximate surface area is 117 Å². The standard InChI is InChI=1S/C14H14Cl2N2/c1-9-12(6-3-7-13(9)16)14(18-17)10-4-2-5-11(15)8-10/h2-8,14,18H,17H2,1H3. The van der Waals surface area contributed by atoms with E-state index in [4.69, 9.17) is 29.0 Å². The van der Waals surface area contributed by atoms with Crippen LogP contribution in [0.15, 0.2) is 42.5 Å². The Balaban J connectivity index is 2.49. The van der Waals surface area contributed by atoms with Gasteiger partial charge in [-0.2, -0.15) is 0 Å². The topological polar surface area (TPSA) is 38.0 Å². The van der Waals surface area contributed by atoms with E-state index in [9.17, 15) is 0 Å². The van der Waals surface area contributed by atoms with Crippen molar-refractivity contribution in [2.45, 2.75) is 13.0 Å². The smallest absolute Gasteiger partial charge is 0.0713 e. The van der Waals surface area contributed by atoms with Crippen molar-refractivity contribution in [2.75, 3.05) is 0 Å². The molecule has 94 valence electrons. The number of rotatable bonds is 3. The van der Waals surface area contributed by atoms with E-state index in [1.165, 1.54) is 0 Å². The van der Waals surface area contributed by atoms with Gasteiger partial charge in [-0.1, -0.05) is 47.5 Å². The Morgan fingerprint density at radius 3 is 2.50 bits per heavy atom. The van der Waals surface area contributed by atoms with Gasteiger partial charge in [0.1, 0.15) is 0 Å². The molecular weight excluding hydrogens is 267 g/mol. The summed E-state index contributed by atoms with van der Waals surface area (Å²) in [5.41, 5.74) is 5.89. The summed E-state index contributed by atoms with van der Waals surface area (Å²) in [6.07, 6.45) is 0. The lowest BCUT2D eigenvalue weighted by Gasteiger charge is -2.19. The molecule has 2 nitrogen and oxygen atoms in total. The molecule has 0 radical (unpaired) electrons. The second-order valence-electron chi connectivity index (χ2n) is 4.11. The molecule has 1 atom stereocenters. The van der Waals surface area contributed by atoms with Crippen molar-refractivity contribution in [2.24, 2.45) is 5.84 Å². The van der Waals surface area contributed by atoms with Gasteiger partial charge in [-0.25, -0.2) is 5.43 Å². The van der Waals surface area contributed by atoms with E-state index in [1.807, 2.05) is 49.4 Å². The first-order chi connectivity index (χ1) is 8.63. The largest absolute Gasteiger partial charge is 0.271 e. The highest BCUT2D eigenvalue weighted by Gasteiger charge is 2.15. The fourth-order valence-electron chi connectivity index (χ4n) is 1.99. The molecule has 0 aliphatic rings. The lowest BCUT2D eigenvalue weighted by molar-refractivity contribution is 0.634. The molecule has 0 heterocycles. The van der Waals surface area contributed by atoms with Crippen LogP contribution in [0.2, 0.25) is 10.0 Å². The van der Waals surface area contributed by atoms with Gasteiger partial charge in [-0.05, 0) is 41.8 Å². The van der Waals surface area contributed by atoms with Gasteiger partial charge in [0.25, 0.3) is 0 Å². The average molecular weight is 281 g/mol. The highest BCUT2D eigenvalue weighted by atomic mass is 35.5. The van der Waals surface area contributed by atoms with Crippen molar-refractivity contribution < 1.29 is 0 Å². The Kier molecular flexibility index (Phi) is 4.25. The average Bonchev–Trinajstić information content (AvgIpc) is 2.35. The van der Waals surface area contributed by atoms with Crippen molar-refractivity contribution in [3.63, 3.8) is 0 Å². The van der Waals surface area contributed by atoms with E-state index >= 15 is 0 Å². The molecule has 0 aromatic heterocycles. The van der Waals surface area contributed by atoms with E-state index in [1.54, 1.807) is 0 Å². The number of halogens is 2. The zero-order valence-corrected chi connectivity index (χ0v) is 11.5. The van der Waals surface area contributed by atoms with Gasteiger partial charge in [0.05, 0.1) is 6.04 Å². The van der Waals surface area contributed by atoms with Gasteiger partial charge >= 0.3 is 0 Å². The fourth-order valence-corrected chi connectivity index (χ4v) is 2.37. The van der Waals surface area contributed by atoms with Gasteiger partial charge in [-0.3, -0.25) is 5.84 Å². The van der Waals surface area contributed by atoms with Crippen LogP contribution in [0.3, 0.4) is 0 Å². The first kappa shape index (κ1) is 13.4. The molecule has 1 unspecified atom stereocenters. The van der Waals surface area contributed by atoms with Crippen molar-refractivity contribution in [1.29, 1.82) is 0 Å². The quantitative estimate of drug-likeness (QED) is 0.662. The molecule has 0 saturated heterocycles. The van der Waals surface area contributed by atoms with Crippen LogP contribution in [-0.4, -0.2) is 0 Å². The maximum atomic E-state index is 6.14. The highest BCUT2D eigenvalue weighted by molar-refractivity contribution is 6.31. The van der Waals surface area contributed by atoms with Gasteiger partial charge in [0, 0.05) is 10.0 Å². The summed E-state index contributed by atoms with van der Waals surface area (Å²) in [6, 6.07) is 13.3. The van der Waals surface area contributed by atoms with Gasteiger partial charge < -0.3 is 0 Å². The third-order valence-electron chi connectivity index (χ3n) is 2.97. The minimum atomic E-state index is -0.123. The number of benzene rings is 2. The number of hydrogen-bond donors (Lipinski definition) is 2. The highest BCUT2D eigenvalue weighted by Crippen LogP contribution is 2.29. The molecule has 0 spiro atoms. The molecule has 3 N–H and O–H groups in total. The maximum Gasteiger partial charge on any atom is 0.0713 e. The van der Waals surface area contributed by atoms with E-state index in [0.29, 0.717) is 5.02 Å². The first-order valence-corrected chi connectivity index (χ1v) is 6.35. The van der Waals surface area contributed by atoms with Crippen LogP contribution in [0.4, 0.5) is 0 Å². The van der Waals surface area contributed by atoms with E-state index in [0.717, 1.165) is 21.7 Å². The second-order valence-corrected chi connectivity index (χ2v) is 4.95. The molecule has 4 heteroatoms. The summed E-state index contributed by atoms with van der Waals surface area (Å²) in [5, 5.41) is 1.42. The summed E-state index contributed by atoms with van der Waals surface area (Å²) >= 11 is 12.1. The van der Waals surface area contributed by atoms with Crippen LogP contribution in [0.1, 0.15) is 22.7 Å². The van der Waals surface area contributed by atoms with Crippen LogP contribution in [0.25, 0.3) is 0 Å². The predicted octanol–water partition coefficient (Wildman–Crippen LogP) is 3.85. The Morgan fingerprint density at radius 1 is 1.11 bits per heavy atom. The third kappa shape index (κ3) is 2.68. The van der Waals surface area contributed by atoms with Crippen molar-refractivity contribution in [1.82, 2.24) is 5.43 Å². The fraction of sp³-hybridized carbons (Fsp3) is 0.143. The predicted molar refractivity (Wildman–Crippen MR) is 76.8 cm³/mol. The maximum absolute atomic E-state index is 6.14. The van der Waals surface area contributed by atoms with Gasteiger partial charge in [-0.15, -0.1) is 0 Å². The molecule has 18 heavy (non-hydrogen) atoms. The normalized spacial score (nSPS) is 12.4. The minimum absolute atomic E-state index is 0.123. The van der Waals surface area contributed by atoms with Crippen LogP contribution in [0, 0.1) is 6.92 Å². The molecule has 0 saturated carbocycles. The van der Waals surface area contributed by atoms with Crippen molar-refractivity contribution in [3.8, 4) is 0 Å². The molecule has 0 amide bonds. The first-order valence-electron chi connectivity index (χ1n) is 5.60. The Bertz CT molecular complexity index is 555. The zero-order chi connectivity index (χ0) is 13.1. The molecule has 0 aliphatic heterocycles. The lowest BCUT2D eigenvalue weighted by Crippen LogP contribution is -2.29. The summed E-state index contributed by atoms with van der Waals surface area (Å²) < 4.78 is 0. The van der Waals surface area contributed by atoms with Crippen molar-refractivity contribution in [3.05, 3.63) is 69.2 Å². The van der Waals surface area contributed by atoms with E-state index in [2.05, 4.69) is 5.43 Å². The molecule has 2 aromatic carbocycles. The summed E-state index contributed by atoms with van der Waals surface area (Å²) in [6.45, 7) is 1.98. The van der Waals surface area contributed by atoms with Crippen LogP contribution >= 0.6 is 23.2 Å². The molecular formula is C14H14Cl2N2. The van der Waals surface area contributed by atoms with Crippen LogP contribution in [-0.2, 0) is 0 Å².